The lowest BCUT2D eigenvalue weighted by atomic mass is 9.95. The summed E-state index contributed by atoms with van der Waals surface area (Å²) in [5, 5.41) is 3.35. The zero-order valence-corrected chi connectivity index (χ0v) is 20.1. The van der Waals surface area contributed by atoms with Gasteiger partial charge >= 0.3 is 6.09 Å². The molecule has 3 amide bonds. The highest BCUT2D eigenvalue weighted by atomic mass is 16.6. The number of H-pyrrole nitrogens is 1. The Morgan fingerprint density at radius 2 is 1.63 bits per heavy atom. The van der Waals surface area contributed by atoms with Crippen LogP contribution in [0.15, 0.2) is 54.7 Å². The summed E-state index contributed by atoms with van der Waals surface area (Å²) < 4.78 is 5.49. The van der Waals surface area contributed by atoms with Crippen LogP contribution >= 0.6 is 0 Å². The van der Waals surface area contributed by atoms with Crippen molar-refractivity contribution in [1.29, 1.82) is 0 Å². The van der Waals surface area contributed by atoms with Gasteiger partial charge in [0.25, 0.3) is 11.8 Å². The van der Waals surface area contributed by atoms with Gasteiger partial charge in [0, 0.05) is 54.5 Å². The first kappa shape index (κ1) is 22.7. The van der Waals surface area contributed by atoms with Crippen LogP contribution in [0.3, 0.4) is 0 Å². The Labute approximate surface area is 203 Å². The van der Waals surface area contributed by atoms with Gasteiger partial charge < -0.3 is 19.5 Å². The second kappa shape index (κ2) is 8.61. The number of ether oxygens (including phenoxy) is 1. The number of piperazine rings is 1. The van der Waals surface area contributed by atoms with Crippen molar-refractivity contribution in [2.75, 3.05) is 31.1 Å². The lowest BCUT2D eigenvalue weighted by molar-refractivity contribution is -0.122. The number of aromatic amines is 1. The minimum Gasteiger partial charge on any atom is -0.444 e. The molecule has 3 aromatic rings. The highest BCUT2D eigenvalue weighted by Gasteiger charge is 2.34. The molecule has 3 heterocycles. The van der Waals surface area contributed by atoms with E-state index in [0.29, 0.717) is 48.5 Å². The van der Waals surface area contributed by atoms with Crippen molar-refractivity contribution >= 4 is 45.6 Å². The quantitative estimate of drug-likeness (QED) is 0.566. The number of nitrogens with zero attached hydrogens (tertiary/aromatic N) is 2. The van der Waals surface area contributed by atoms with Crippen LogP contribution in [0.4, 0.5) is 10.5 Å². The monoisotopic (exact) mass is 472 g/mol. The first-order chi connectivity index (χ1) is 16.7. The molecule has 1 aromatic heterocycles. The van der Waals surface area contributed by atoms with Crippen molar-refractivity contribution in [2.45, 2.75) is 26.4 Å². The van der Waals surface area contributed by atoms with E-state index < -0.39 is 17.4 Å². The number of fused-ring (bicyclic) bond motifs is 1. The maximum atomic E-state index is 12.9. The molecule has 0 saturated carbocycles. The number of carbonyl (C=O) groups is 3. The molecule has 2 N–H and O–H groups in total. The molecular formula is C27H28N4O4. The molecule has 0 bridgehead atoms. The lowest BCUT2D eigenvalue weighted by Gasteiger charge is -2.36. The second-order valence-electron chi connectivity index (χ2n) is 9.79. The minimum absolute atomic E-state index is 0.305. The molecule has 0 aliphatic carbocycles. The first-order valence-corrected chi connectivity index (χ1v) is 11.7. The predicted octanol–water partition coefficient (Wildman–Crippen LogP) is 3.79. The summed E-state index contributed by atoms with van der Waals surface area (Å²) in [5.41, 5.74) is 3.43. The lowest BCUT2D eigenvalue weighted by Crippen LogP contribution is -2.50. The molecule has 8 nitrogen and oxygen atoms in total. The molecule has 0 radical (unpaired) electrons. The summed E-state index contributed by atoms with van der Waals surface area (Å²) >= 11 is 0. The average molecular weight is 473 g/mol. The molecule has 35 heavy (non-hydrogen) atoms. The zero-order valence-electron chi connectivity index (χ0n) is 20.1. The number of carbonyl (C=O) groups excluding carboxylic acids is 3. The molecular weight excluding hydrogens is 444 g/mol. The van der Waals surface area contributed by atoms with E-state index in [1.165, 1.54) is 0 Å². The first-order valence-electron chi connectivity index (χ1n) is 11.7. The summed E-state index contributed by atoms with van der Waals surface area (Å²) in [7, 11) is 0. The van der Waals surface area contributed by atoms with Crippen molar-refractivity contribution < 1.29 is 19.1 Å². The smallest absolute Gasteiger partial charge is 0.410 e. The normalized spacial score (nSPS) is 16.8. The second-order valence-corrected chi connectivity index (χ2v) is 9.79. The summed E-state index contributed by atoms with van der Waals surface area (Å²) in [6.07, 6.45) is 1.47. The number of para-hydroxylation sites is 1. The van der Waals surface area contributed by atoms with Gasteiger partial charge in [-0.15, -0.1) is 0 Å². The van der Waals surface area contributed by atoms with Crippen LogP contribution in [0, 0.1) is 0 Å². The largest absolute Gasteiger partial charge is 0.444 e. The number of amides is 3. The molecule has 1 fully saturated rings. The van der Waals surface area contributed by atoms with Crippen molar-refractivity contribution in [3.8, 4) is 0 Å². The van der Waals surface area contributed by atoms with Gasteiger partial charge in [0.1, 0.15) is 5.60 Å². The predicted molar refractivity (Wildman–Crippen MR) is 135 cm³/mol. The van der Waals surface area contributed by atoms with Crippen LogP contribution < -0.4 is 10.2 Å². The minimum atomic E-state index is -0.530. The number of imide groups is 1. The number of hydrogen-bond donors (Lipinski definition) is 2. The molecule has 180 valence electrons. The fourth-order valence-corrected chi connectivity index (χ4v) is 4.60. The van der Waals surface area contributed by atoms with E-state index in [2.05, 4.69) is 15.2 Å². The van der Waals surface area contributed by atoms with Gasteiger partial charge in [-0.2, -0.15) is 0 Å². The Bertz CT molecular complexity index is 1360. The molecule has 8 heteroatoms. The van der Waals surface area contributed by atoms with E-state index in [0.717, 1.165) is 16.6 Å². The Balaban J connectivity index is 1.43. The maximum Gasteiger partial charge on any atom is 0.410 e. The third kappa shape index (κ3) is 4.39. The number of benzene rings is 2. The van der Waals surface area contributed by atoms with Crippen molar-refractivity contribution in [3.63, 3.8) is 0 Å². The highest BCUT2D eigenvalue weighted by Crippen LogP contribution is 2.36. The molecule has 1 saturated heterocycles. The van der Waals surface area contributed by atoms with E-state index in [1.807, 2.05) is 69.3 Å². The topological polar surface area (TPSA) is 94.7 Å². The number of aromatic nitrogens is 1. The van der Waals surface area contributed by atoms with Gasteiger partial charge in [-0.25, -0.2) is 4.79 Å². The van der Waals surface area contributed by atoms with Crippen LogP contribution in [-0.2, 0) is 14.3 Å². The number of rotatable bonds is 3. The fraction of sp³-hybridized carbons (Fsp3) is 0.296. The molecule has 2 aliphatic heterocycles. The van der Waals surface area contributed by atoms with Crippen molar-refractivity contribution in [3.05, 3.63) is 65.9 Å². The van der Waals surface area contributed by atoms with Gasteiger partial charge in [0.15, 0.2) is 0 Å². The van der Waals surface area contributed by atoms with Crippen LogP contribution in [0.2, 0.25) is 0 Å². The van der Waals surface area contributed by atoms with E-state index >= 15 is 0 Å². The molecule has 5 rings (SSSR count). The Morgan fingerprint density at radius 1 is 0.914 bits per heavy atom. The van der Waals surface area contributed by atoms with E-state index in [1.54, 1.807) is 11.1 Å². The average Bonchev–Trinajstić information content (AvgIpc) is 3.37. The van der Waals surface area contributed by atoms with Crippen LogP contribution in [-0.4, -0.2) is 59.6 Å². The maximum absolute atomic E-state index is 12.9. The SMILES string of the molecule is CC(C)(C)OC(=O)N1CCN(c2cccc(C3=C(c4c[nH]c5ccccc45)C(=O)NC3=O)c2)CC1. The van der Waals surface area contributed by atoms with E-state index in [4.69, 9.17) is 4.74 Å². The standard InChI is InChI=1S/C27H28N4O4/c1-27(2,3)35-26(34)31-13-11-30(12-14-31)18-8-6-7-17(15-18)22-23(25(33)29-24(22)32)20-16-28-21-10-5-4-9-19(20)21/h4-10,15-16,28H,11-14H2,1-3H3,(H,29,32,33). The van der Waals surface area contributed by atoms with Gasteiger partial charge in [0.2, 0.25) is 0 Å². The van der Waals surface area contributed by atoms with E-state index in [-0.39, 0.29) is 6.09 Å². The van der Waals surface area contributed by atoms with Gasteiger partial charge in [0.05, 0.1) is 11.1 Å². The molecule has 2 aromatic carbocycles. The summed E-state index contributed by atoms with van der Waals surface area (Å²) in [6, 6.07) is 15.4. The van der Waals surface area contributed by atoms with Crippen LogP contribution in [0.5, 0.6) is 0 Å². The van der Waals surface area contributed by atoms with Crippen LogP contribution in [0.25, 0.3) is 22.0 Å². The summed E-state index contributed by atoms with van der Waals surface area (Å²) in [6.45, 7) is 7.94. The van der Waals surface area contributed by atoms with Crippen molar-refractivity contribution in [2.24, 2.45) is 0 Å². The number of nitrogens with one attached hydrogen (secondary N) is 2. The fourth-order valence-electron chi connectivity index (χ4n) is 4.60. The molecule has 0 atom stereocenters. The number of hydrogen-bond acceptors (Lipinski definition) is 5. The Hall–Kier alpha value is -4.07. The van der Waals surface area contributed by atoms with Crippen LogP contribution in [0.1, 0.15) is 31.9 Å². The molecule has 0 spiro atoms. The van der Waals surface area contributed by atoms with Gasteiger partial charge in [-0.05, 0) is 44.5 Å². The number of anilines is 1. The Morgan fingerprint density at radius 3 is 2.37 bits per heavy atom. The molecule has 2 aliphatic rings. The highest BCUT2D eigenvalue weighted by molar-refractivity contribution is 6.50. The third-order valence-electron chi connectivity index (χ3n) is 6.22. The molecule has 0 unspecified atom stereocenters. The summed E-state index contributed by atoms with van der Waals surface area (Å²) in [5.74, 6) is -0.798. The van der Waals surface area contributed by atoms with Gasteiger partial charge in [-0.1, -0.05) is 30.3 Å². The Kier molecular flexibility index (Phi) is 5.59. The zero-order chi connectivity index (χ0) is 24.7. The van der Waals surface area contributed by atoms with Crippen molar-refractivity contribution in [1.82, 2.24) is 15.2 Å². The third-order valence-corrected chi connectivity index (χ3v) is 6.22. The van der Waals surface area contributed by atoms with Gasteiger partial charge in [-0.3, -0.25) is 14.9 Å². The van der Waals surface area contributed by atoms with E-state index in [9.17, 15) is 14.4 Å². The summed E-state index contributed by atoms with van der Waals surface area (Å²) in [4.78, 5) is 45.2.